The van der Waals surface area contributed by atoms with Gasteiger partial charge in [0.2, 0.25) is 0 Å². The van der Waals surface area contributed by atoms with E-state index in [1.165, 1.54) is 0 Å². The number of nitrogens with two attached hydrogens (primary N) is 1. The Labute approximate surface area is 36.4 Å². The van der Waals surface area contributed by atoms with Gasteiger partial charge >= 0.3 is 0 Å². The molecule has 0 fully saturated rings. The van der Waals surface area contributed by atoms with E-state index in [9.17, 15) is 5.11 Å². The van der Waals surface area contributed by atoms with Crippen LogP contribution in [0.1, 0.15) is 0 Å². The smallest absolute Gasteiger partial charge is 0.0995 e. The molecular weight excluding hydrogens is 82.0 g/mol. The normalized spacial score (nSPS) is 10.0. The second-order valence-electron chi connectivity index (χ2n) is 1.11. The summed E-state index contributed by atoms with van der Waals surface area (Å²) in [5, 5.41) is 17.6. The first-order valence-electron chi connectivity index (χ1n) is 1.75. The maximum absolute atomic E-state index is 9.58. The Morgan fingerprint density at radius 1 is 1.83 bits per heavy atom. The van der Waals surface area contributed by atoms with Crippen LogP contribution in [-0.4, -0.2) is 24.4 Å². The van der Waals surface area contributed by atoms with Crippen LogP contribution in [-0.2, 0) is 5.11 Å². The lowest BCUT2D eigenvalue weighted by Gasteiger charge is -1.96. The van der Waals surface area contributed by atoms with Crippen molar-refractivity contribution in [2.75, 3.05) is 13.2 Å². The van der Waals surface area contributed by atoms with Crippen molar-refractivity contribution in [3.8, 4) is 0 Å². The second-order valence-corrected chi connectivity index (χ2v) is 1.11. The lowest BCUT2D eigenvalue weighted by atomic mass is 10.4. The summed E-state index contributed by atoms with van der Waals surface area (Å²) in [7, 11) is 0. The van der Waals surface area contributed by atoms with E-state index in [0.29, 0.717) is 0 Å². The summed E-state index contributed by atoms with van der Waals surface area (Å²) >= 11 is 0. The Morgan fingerprint density at radius 2 is 2.33 bits per heavy atom. The molecule has 0 saturated heterocycles. The fourth-order valence-electron chi connectivity index (χ4n) is 0.0527. The quantitative estimate of drug-likeness (QED) is 0.444. The van der Waals surface area contributed by atoms with E-state index in [1.807, 2.05) is 0 Å². The maximum Gasteiger partial charge on any atom is 0.0995 e. The van der Waals surface area contributed by atoms with Crippen LogP contribution in [0.5, 0.6) is 0 Å². The Hall–Kier alpha value is -0.120. The van der Waals surface area contributed by atoms with Gasteiger partial charge in [-0.2, -0.15) is 0 Å². The van der Waals surface area contributed by atoms with E-state index >= 15 is 0 Å². The van der Waals surface area contributed by atoms with Crippen LogP contribution in [0.2, 0.25) is 0 Å². The molecule has 0 aromatic carbocycles. The van der Waals surface area contributed by atoms with Gasteiger partial charge in [0.25, 0.3) is 0 Å². The summed E-state index contributed by atoms with van der Waals surface area (Å²) < 4.78 is 0. The van der Waals surface area contributed by atoms with Gasteiger partial charge < -0.3 is 10.8 Å². The Balaban J connectivity index is 2.75. The van der Waals surface area contributed by atoms with Gasteiger partial charge in [0, 0.05) is 0 Å². The highest BCUT2D eigenvalue weighted by atomic mass is 16.3. The Bertz CT molecular complexity index is 28.0. The molecular formula is C3H8NO2. The lowest BCUT2D eigenvalue weighted by Crippen LogP contribution is -2.27. The molecule has 0 aromatic rings. The SMILES string of the molecule is NC(C[O])CO. The fourth-order valence-corrected chi connectivity index (χ4v) is 0.0527. The average Bonchev–Trinajstić information content (AvgIpc) is 1.65. The first kappa shape index (κ1) is 5.88. The molecule has 0 aromatic heterocycles. The summed E-state index contributed by atoms with van der Waals surface area (Å²) in [5.74, 6) is 0. The van der Waals surface area contributed by atoms with E-state index in [0.717, 1.165) is 0 Å². The predicted molar refractivity (Wildman–Crippen MR) is 20.6 cm³/mol. The van der Waals surface area contributed by atoms with Crippen LogP contribution in [0.3, 0.4) is 0 Å². The topological polar surface area (TPSA) is 66.2 Å². The standard InChI is InChI=1S/C3H8NO2/c4-3(1-5)2-6/h3,5H,1-2,4H2. The molecule has 0 amide bonds. The Kier molecular flexibility index (Phi) is 3.02. The van der Waals surface area contributed by atoms with Crippen molar-refractivity contribution in [1.82, 2.24) is 0 Å². The third-order valence-corrected chi connectivity index (χ3v) is 0.449. The number of hydrogen-bond donors (Lipinski definition) is 2. The van der Waals surface area contributed by atoms with E-state index in [4.69, 9.17) is 10.8 Å². The van der Waals surface area contributed by atoms with Crippen LogP contribution in [0, 0.1) is 0 Å². The molecule has 3 heteroatoms. The summed E-state index contributed by atoms with van der Waals surface area (Å²) in [6, 6.07) is -0.565. The number of aliphatic hydroxyl groups is 1. The van der Waals surface area contributed by atoms with Gasteiger partial charge in [0.1, 0.15) is 0 Å². The minimum Gasteiger partial charge on any atom is -0.395 e. The summed E-state index contributed by atoms with van der Waals surface area (Å²) in [5.41, 5.74) is 4.91. The minimum absolute atomic E-state index is 0.205. The minimum atomic E-state index is -0.565. The van der Waals surface area contributed by atoms with Crippen LogP contribution in [0.25, 0.3) is 0 Å². The molecule has 37 valence electrons. The first-order valence-corrected chi connectivity index (χ1v) is 1.75. The lowest BCUT2D eigenvalue weighted by molar-refractivity contribution is 0.138. The predicted octanol–water partition coefficient (Wildman–Crippen LogP) is -1.26. The van der Waals surface area contributed by atoms with Crippen molar-refractivity contribution in [2.24, 2.45) is 5.73 Å². The van der Waals surface area contributed by atoms with Crippen molar-refractivity contribution < 1.29 is 10.2 Å². The van der Waals surface area contributed by atoms with Crippen molar-refractivity contribution in [2.45, 2.75) is 6.04 Å². The number of rotatable bonds is 2. The van der Waals surface area contributed by atoms with Crippen molar-refractivity contribution in [3.05, 3.63) is 0 Å². The summed E-state index contributed by atoms with van der Waals surface area (Å²) in [4.78, 5) is 0. The van der Waals surface area contributed by atoms with Crippen molar-refractivity contribution in [3.63, 3.8) is 0 Å². The molecule has 1 radical (unpaired) electrons. The molecule has 0 aliphatic rings. The Morgan fingerprint density at radius 3 is 2.33 bits per heavy atom. The van der Waals surface area contributed by atoms with Gasteiger partial charge in [0.15, 0.2) is 0 Å². The van der Waals surface area contributed by atoms with E-state index < -0.39 is 12.6 Å². The van der Waals surface area contributed by atoms with Gasteiger partial charge in [-0.25, -0.2) is 5.11 Å². The van der Waals surface area contributed by atoms with E-state index in [2.05, 4.69) is 0 Å². The molecule has 0 spiro atoms. The molecule has 0 rings (SSSR count). The maximum atomic E-state index is 9.58. The third kappa shape index (κ3) is 2.14. The van der Waals surface area contributed by atoms with Crippen molar-refractivity contribution in [1.29, 1.82) is 0 Å². The molecule has 1 atom stereocenters. The molecule has 0 bridgehead atoms. The van der Waals surface area contributed by atoms with Crippen LogP contribution in [0.4, 0.5) is 0 Å². The summed E-state index contributed by atoms with van der Waals surface area (Å²) in [6.07, 6.45) is 0. The highest BCUT2D eigenvalue weighted by Crippen LogP contribution is 1.67. The van der Waals surface area contributed by atoms with E-state index in [1.54, 1.807) is 0 Å². The third-order valence-electron chi connectivity index (χ3n) is 0.449. The van der Waals surface area contributed by atoms with Gasteiger partial charge in [0.05, 0.1) is 19.3 Å². The summed E-state index contributed by atoms with van der Waals surface area (Å²) in [6.45, 7) is -0.597. The zero-order valence-corrected chi connectivity index (χ0v) is 3.42. The molecule has 0 heterocycles. The van der Waals surface area contributed by atoms with Crippen LogP contribution in [0.15, 0.2) is 0 Å². The van der Waals surface area contributed by atoms with Gasteiger partial charge in [-0.05, 0) is 0 Å². The highest BCUT2D eigenvalue weighted by Gasteiger charge is 1.93. The average molecular weight is 90.1 g/mol. The zero-order chi connectivity index (χ0) is 4.99. The highest BCUT2D eigenvalue weighted by molar-refractivity contribution is 4.52. The van der Waals surface area contributed by atoms with Crippen molar-refractivity contribution >= 4 is 0 Å². The second kappa shape index (κ2) is 3.08. The zero-order valence-electron chi connectivity index (χ0n) is 3.42. The van der Waals surface area contributed by atoms with Crippen LogP contribution >= 0.6 is 0 Å². The van der Waals surface area contributed by atoms with E-state index in [-0.39, 0.29) is 6.61 Å². The van der Waals surface area contributed by atoms with Crippen LogP contribution < -0.4 is 5.73 Å². The molecule has 6 heavy (non-hydrogen) atoms. The molecule has 3 nitrogen and oxygen atoms in total. The number of hydrogen-bond acceptors (Lipinski definition) is 2. The molecule has 0 aliphatic heterocycles. The largest absolute Gasteiger partial charge is 0.395 e. The monoisotopic (exact) mass is 90.1 g/mol. The fraction of sp³-hybridized carbons (Fsp3) is 1.00. The van der Waals surface area contributed by atoms with Gasteiger partial charge in [-0.3, -0.25) is 0 Å². The first-order chi connectivity index (χ1) is 2.81. The molecule has 1 unspecified atom stereocenters. The molecule has 0 aliphatic carbocycles. The molecule has 3 N–H and O–H groups in total. The van der Waals surface area contributed by atoms with Gasteiger partial charge in [-0.15, -0.1) is 0 Å². The number of aliphatic hydroxyl groups excluding tert-OH is 1. The molecule has 0 saturated carbocycles. The van der Waals surface area contributed by atoms with Gasteiger partial charge in [-0.1, -0.05) is 0 Å².